The Morgan fingerprint density at radius 3 is 2.15 bits per heavy atom. The number of nitrogens with zero attached hydrogens (tertiary/aromatic N) is 1. The largest absolute Gasteiger partial charge is 0.445 e. The molecule has 1 aliphatic rings. The predicted molar refractivity (Wildman–Crippen MR) is 103 cm³/mol. The van der Waals surface area contributed by atoms with Crippen LogP contribution in [0.4, 0.5) is 4.79 Å². The van der Waals surface area contributed by atoms with Gasteiger partial charge >= 0.3 is 6.09 Å². The molecule has 1 N–H and O–H groups in total. The van der Waals surface area contributed by atoms with E-state index in [0.717, 1.165) is 11.1 Å². The Bertz CT molecular complexity index is 727. The van der Waals surface area contributed by atoms with Gasteiger partial charge in [-0.2, -0.15) is 0 Å². The number of ether oxygens (including phenoxy) is 2. The van der Waals surface area contributed by atoms with E-state index < -0.39 is 11.7 Å². The smallest absolute Gasteiger partial charge is 0.410 e. The normalized spacial score (nSPS) is 19.9. The van der Waals surface area contributed by atoms with Crippen molar-refractivity contribution >= 4 is 6.09 Å². The molecule has 2 aromatic carbocycles. The van der Waals surface area contributed by atoms with Crippen molar-refractivity contribution in [3.05, 3.63) is 71.8 Å². The number of rotatable bonds is 6. The minimum Gasteiger partial charge on any atom is -0.445 e. The van der Waals surface area contributed by atoms with Gasteiger partial charge in [-0.05, 0) is 31.4 Å². The van der Waals surface area contributed by atoms with Gasteiger partial charge < -0.3 is 14.6 Å². The number of hydrogen-bond donors (Lipinski definition) is 1. The third-order valence-electron chi connectivity index (χ3n) is 4.85. The van der Waals surface area contributed by atoms with Crippen LogP contribution in [0.1, 0.15) is 31.4 Å². The van der Waals surface area contributed by atoms with Crippen molar-refractivity contribution in [2.45, 2.75) is 51.2 Å². The van der Waals surface area contributed by atoms with E-state index in [1.54, 1.807) is 18.7 Å². The lowest BCUT2D eigenvalue weighted by Gasteiger charge is -2.32. The zero-order valence-corrected chi connectivity index (χ0v) is 15.9. The van der Waals surface area contributed by atoms with Crippen LogP contribution in [-0.2, 0) is 22.7 Å². The number of hydrogen-bond acceptors (Lipinski definition) is 4. The number of carbonyl (C=O) groups excluding carboxylic acids is 1. The molecular formula is C22H27NO4. The van der Waals surface area contributed by atoms with Crippen molar-refractivity contribution in [3.63, 3.8) is 0 Å². The maximum atomic E-state index is 12.6. The van der Waals surface area contributed by atoms with Gasteiger partial charge in [0, 0.05) is 0 Å². The van der Waals surface area contributed by atoms with E-state index in [4.69, 9.17) is 9.47 Å². The third-order valence-corrected chi connectivity index (χ3v) is 4.85. The molecule has 1 aliphatic heterocycles. The minimum absolute atomic E-state index is 0.133. The summed E-state index contributed by atoms with van der Waals surface area (Å²) in [7, 11) is 0. The zero-order chi connectivity index (χ0) is 19.3. The predicted octanol–water partition coefficient (Wildman–Crippen LogP) is 3.75. The highest BCUT2D eigenvalue weighted by Gasteiger charge is 2.44. The van der Waals surface area contributed by atoms with E-state index in [-0.39, 0.29) is 18.8 Å². The lowest BCUT2D eigenvalue weighted by Crippen LogP contribution is -2.48. The van der Waals surface area contributed by atoms with Gasteiger partial charge in [-0.3, -0.25) is 4.90 Å². The number of likely N-dealkylation sites (tertiary alicyclic amines) is 1. The van der Waals surface area contributed by atoms with Crippen LogP contribution in [0.3, 0.4) is 0 Å². The first kappa shape index (κ1) is 19.4. The van der Waals surface area contributed by atoms with Crippen LogP contribution in [-0.4, -0.2) is 40.4 Å². The minimum atomic E-state index is -1.03. The van der Waals surface area contributed by atoms with E-state index in [1.165, 1.54) is 0 Å². The monoisotopic (exact) mass is 369 g/mol. The van der Waals surface area contributed by atoms with Crippen molar-refractivity contribution in [1.82, 2.24) is 4.90 Å². The Balaban J connectivity index is 1.60. The van der Waals surface area contributed by atoms with Crippen molar-refractivity contribution in [1.29, 1.82) is 0 Å². The van der Waals surface area contributed by atoms with Crippen molar-refractivity contribution in [2.24, 2.45) is 0 Å². The van der Waals surface area contributed by atoms with Crippen LogP contribution >= 0.6 is 0 Å². The Morgan fingerprint density at radius 1 is 1.04 bits per heavy atom. The fraction of sp³-hybridized carbons (Fsp3) is 0.409. The van der Waals surface area contributed by atoms with Crippen molar-refractivity contribution in [2.75, 3.05) is 6.54 Å². The molecule has 1 heterocycles. The molecule has 5 nitrogen and oxygen atoms in total. The molecule has 0 bridgehead atoms. The highest BCUT2D eigenvalue weighted by Crippen LogP contribution is 2.30. The van der Waals surface area contributed by atoms with E-state index in [1.807, 2.05) is 60.7 Å². The van der Waals surface area contributed by atoms with Gasteiger partial charge in [-0.15, -0.1) is 0 Å². The standard InChI is InChI=1S/C22H27NO4/c1-22(2,25)20-13-19(26-15-17-9-5-3-6-10-17)14-23(20)21(24)27-16-18-11-7-4-8-12-18/h3-12,19-20,25H,13-16H2,1-2H3/t19-,20-/m1/s1. The molecule has 27 heavy (non-hydrogen) atoms. The van der Waals surface area contributed by atoms with Gasteiger partial charge in [-0.25, -0.2) is 4.79 Å². The molecule has 0 aromatic heterocycles. The van der Waals surface area contributed by atoms with E-state index >= 15 is 0 Å². The molecule has 1 saturated heterocycles. The van der Waals surface area contributed by atoms with Crippen LogP contribution in [0.5, 0.6) is 0 Å². The lowest BCUT2D eigenvalue weighted by atomic mass is 9.96. The van der Waals surface area contributed by atoms with Gasteiger partial charge in [0.15, 0.2) is 0 Å². The van der Waals surface area contributed by atoms with Crippen LogP contribution in [0.25, 0.3) is 0 Å². The molecule has 2 atom stereocenters. The number of aliphatic hydroxyl groups is 1. The summed E-state index contributed by atoms with van der Waals surface area (Å²) in [5.41, 5.74) is 0.987. The Hall–Kier alpha value is -2.37. The topological polar surface area (TPSA) is 59.0 Å². The third kappa shape index (κ3) is 5.31. The molecule has 5 heteroatoms. The lowest BCUT2D eigenvalue weighted by molar-refractivity contribution is -0.00631. The zero-order valence-electron chi connectivity index (χ0n) is 15.9. The average molecular weight is 369 g/mol. The fourth-order valence-electron chi connectivity index (χ4n) is 3.38. The second-order valence-corrected chi connectivity index (χ2v) is 7.52. The van der Waals surface area contributed by atoms with Gasteiger partial charge in [-0.1, -0.05) is 60.7 Å². The van der Waals surface area contributed by atoms with Gasteiger partial charge in [0.05, 0.1) is 30.9 Å². The van der Waals surface area contributed by atoms with Crippen molar-refractivity contribution in [3.8, 4) is 0 Å². The summed E-state index contributed by atoms with van der Waals surface area (Å²) in [6.07, 6.45) is 0.0271. The Labute approximate surface area is 160 Å². The van der Waals surface area contributed by atoms with Gasteiger partial charge in [0.1, 0.15) is 6.61 Å². The Kier molecular flexibility index (Phi) is 6.14. The van der Waals surface area contributed by atoms with E-state index in [0.29, 0.717) is 19.6 Å². The average Bonchev–Trinajstić information content (AvgIpc) is 3.11. The van der Waals surface area contributed by atoms with Crippen LogP contribution in [0, 0.1) is 0 Å². The summed E-state index contributed by atoms with van der Waals surface area (Å²) in [6.45, 7) is 4.54. The summed E-state index contributed by atoms with van der Waals surface area (Å²) in [6, 6.07) is 19.1. The number of benzene rings is 2. The molecule has 144 valence electrons. The molecular weight excluding hydrogens is 342 g/mol. The van der Waals surface area contributed by atoms with Crippen LogP contribution in [0.15, 0.2) is 60.7 Å². The molecule has 0 radical (unpaired) electrons. The van der Waals surface area contributed by atoms with E-state index in [2.05, 4.69) is 0 Å². The number of amides is 1. The maximum Gasteiger partial charge on any atom is 0.410 e. The summed E-state index contributed by atoms with van der Waals surface area (Å²) in [4.78, 5) is 14.2. The fourth-order valence-corrected chi connectivity index (χ4v) is 3.38. The summed E-state index contributed by atoms with van der Waals surface area (Å²) in [5.74, 6) is 0. The summed E-state index contributed by atoms with van der Waals surface area (Å²) in [5, 5.41) is 10.5. The summed E-state index contributed by atoms with van der Waals surface area (Å²) >= 11 is 0. The molecule has 1 fully saturated rings. The first-order valence-electron chi connectivity index (χ1n) is 9.28. The maximum absolute atomic E-state index is 12.6. The SMILES string of the molecule is CC(C)(O)[C@H]1C[C@@H](OCc2ccccc2)CN1C(=O)OCc1ccccc1. The molecule has 0 aliphatic carbocycles. The summed E-state index contributed by atoms with van der Waals surface area (Å²) < 4.78 is 11.5. The highest BCUT2D eigenvalue weighted by atomic mass is 16.6. The first-order valence-corrected chi connectivity index (χ1v) is 9.28. The second-order valence-electron chi connectivity index (χ2n) is 7.52. The molecule has 3 rings (SSSR count). The quantitative estimate of drug-likeness (QED) is 0.842. The van der Waals surface area contributed by atoms with Gasteiger partial charge in [0.25, 0.3) is 0 Å². The Morgan fingerprint density at radius 2 is 1.59 bits per heavy atom. The molecule has 0 unspecified atom stereocenters. The molecule has 2 aromatic rings. The van der Waals surface area contributed by atoms with E-state index in [9.17, 15) is 9.90 Å². The number of carbonyl (C=O) groups is 1. The molecule has 0 saturated carbocycles. The first-order chi connectivity index (χ1) is 12.9. The second kappa shape index (κ2) is 8.55. The van der Waals surface area contributed by atoms with Crippen LogP contribution < -0.4 is 0 Å². The molecule has 1 amide bonds. The highest BCUT2D eigenvalue weighted by molar-refractivity contribution is 5.68. The van der Waals surface area contributed by atoms with Crippen LogP contribution in [0.2, 0.25) is 0 Å². The van der Waals surface area contributed by atoms with Gasteiger partial charge in [0.2, 0.25) is 0 Å². The molecule has 0 spiro atoms. The van der Waals surface area contributed by atoms with Crippen molar-refractivity contribution < 1.29 is 19.4 Å².